The minimum Gasteiger partial charge on any atom is -0.481 e. The number of carboxylic acid groups (broad SMARTS) is 1. The number of carboxylic acids is 1. The first-order chi connectivity index (χ1) is 8.23. The molecule has 0 aliphatic heterocycles. The van der Waals surface area contributed by atoms with Gasteiger partial charge in [-0.05, 0) is 12.8 Å². The topological polar surface area (TPSA) is 95.5 Å². The molecule has 0 unspecified atom stereocenters. The summed E-state index contributed by atoms with van der Waals surface area (Å²) < 4.78 is 0. The third-order valence-electron chi connectivity index (χ3n) is 2.23. The van der Waals surface area contributed by atoms with Crippen molar-refractivity contribution in [3.05, 3.63) is 0 Å². The second-order valence-electron chi connectivity index (χ2n) is 5.13. The molecule has 0 spiro atoms. The number of hydrogen-bond acceptors (Lipinski definition) is 3. The van der Waals surface area contributed by atoms with Gasteiger partial charge in [0.15, 0.2) is 0 Å². The van der Waals surface area contributed by atoms with Crippen LogP contribution in [0, 0.1) is 5.41 Å². The Hall–Kier alpha value is -1.59. The molecule has 0 fully saturated rings. The molecular weight excluding hydrogens is 236 g/mol. The highest BCUT2D eigenvalue weighted by Gasteiger charge is 2.21. The molecule has 0 aliphatic rings. The molecule has 0 bridgehead atoms. The standard InChI is InChI=1S/C12H22N2O4/c1-12(2,3)11(18)14-8-9(15)13-7-5-4-6-10(16)17/h4-8H2,1-3H3,(H,13,15)(H,14,18)(H,16,17). The van der Waals surface area contributed by atoms with Crippen LogP contribution in [0.1, 0.15) is 40.0 Å². The zero-order valence-corrected chi connectivity index (χ0v) is 11.2. The fraction of sp³-hybridized carbons (Fsp3) is 0.750. The van der Waals surface area contributed by atoms with E-state index in [0.29, 0.717) is 19.4 Å². The summed E-state index contributed by atoms with van der Waals surface area (Å²) in [6.07, 6.45) is 1.26. The van der Waals surface area contributed by atoms with Gasteiger partial charge in [-0.25, -0.2) is 0 Å². The minimum absolute atomic E-state index is 0.0466. The second-order valence-corrected chi connectivity index (χ2v) is 5.13. The number of rotatable bonds is 7. The summed E-state index contributed by atoms with van der Waals surface area (Å²) in [5.74, 6) is -1.27. The Kier molecular flexibility index (Phi) is 7.00. The normalized spacial score (nSPS) is 10.8. The molecule has 3 N–H and O–H groups in total. The van der Waals surface area contributed by atoms with Gasteiger partial charge in [0.2, 0.25) is 11.8 Å². The lowest BCUT2D eigenvalue weighted by molar-refractivity contribution is -0.137. The van der Waals surface area contributed by atoms with Gasteiger partial charge in [-0.3, -0.25) is 14.4 Å². The molecule has 18 heavy (non-hydrogen) atoms. The van der Waals surface area contributed by atoms with Gasteiger partial charge in [0.25, 0.3) is 0 Å². The largest absolute Gasteiger partial charge is 0.481 e. The van der Waals surface area contributed by atoms with Crippen LogP contribution in [-0.2, 0) is 14.4 Å². The molecule has 6 heteroatoms. The molecule has 2 amide bonds. The molecule has 0 aliphatic carbocycles. The Morgan fingerprint density at radius 2 is 1.67 bits per heavy atom. The van der Waals surface area contributed by atoms with Gasteiger partial charge in [-0.15, -0.1) is 0 Å². The Bertz CT molecular complexity index is 308. The van der Waals surface area contributed by atoms with Crippen LogP contribution in [0.3, 0.4) is 0 Å². The fourth-order valence-electron chi connectivity index (χ4n) is 1.12. The maximum Gasteiger partial charge on any atom is 0.303 e. The van der Waals surface area contributed by atoms with Gasteiger partial charge in [0.05, 0.1) is 6.54 Å². The highest BCUT2D eigenvalue weighted by Crippen LogP contribution is 2.11. The van der Waals surface area contributed by atoms with E-state index in [1.165, 1.54) is 0 Å². The smallest absolute Gasteiger partial charge is 0.303 e. The molecule has 0 aromatic carbocycles. The second kappa shape index (κ2) is 7.68. The van der Waals surface area contributed by atoms with E-state index >= 15 is 0 Å². The third-order valence-corrected chi connectivity index (χ3v) is 2.23. The van der Waals surface area contributed by atoms with Crippen molar-refractivity contribution in [3.63, 3.8) is 0 Å². The Morgan fingerprint density at radius 3 is 2.17 bits per heavy atom. The first-order valence-electron chi connectivity index (χ1n) is 6.00. The quantitative estimate of drug-likeness (QED) is 0.580. The van der Waals surface area contributed by atoms with Gasteiger partial charge >= 0.3 is 5.97 Å². The van der Waals surface area contributed by atoms with E-state index in [2.05, 4.69) is 10.6 Å². The van der Waals surface area contributed by atoms with Gasteiger partial charge in [-0.2, -0.15) is 0 Å². The van der Waals surface area contributed by atoms with Crippen LogP contribution in [0.4, 0.5) is 0 Å². The number of unbranched alkanes of at least 4 members (excludes halogenated alkanes) is 1. The molecule has 0 heterocycles. The maximum absolute atomic E-state index is 11.5. The summed E-state index contributed by atoms with van der Waals surface area (Å²) in [6.45, 7) is 5.69. The lowest BCUT2D eigenvalue weighted by atomic mass is 9.96. The monoisotopic (exact) mass is 258 g/mol. The highest BCUT2D eigenvalue weighted by atomic mass is 16.4. The van der Waals surface area contributed by atoms with Crippen LogP contribution in [0.2, 0.25) is 0 Å². The third kappa shape index (κ3) is 8.55. The van der Waals surface area contributed by atoms with Gasteiger partial charge < -0.3 is 15.7 Å². The lowest BCUT2D eigenvalue weighted by Gasteiger charge is -2.17. The van der Waals surface area contributed by atoms with Crippen molar-refractivity contribution in [1.29, 1.82) is 0 Å². The summed E-state index contributed by atoms with van der Waals surface area (Å²) in [4.78, 5) is 33.0. The molecule has 0 aromatic heterocycles. The number of carbonyl (C=O) groups is 3. The summed E-state index contributed by atoms with van der Waals surface area (Å²) in [5, 5.41) is 13.6. The summed E-state index contributed by atoms with van der Waals surface area (Å²) in [5.41, 5.74) is -0.512. The Morgan fingerprint density at radius 1 is 1.06 bits per heavy atom. The minimum atomic E-state index is -0.834. The van der Waals surface area contributed by atoms with Crippen molar-refractivity contribution in [2.75, 3.05) is 13.1 Å². The number of nitrogens with one attached hydrogen (secondary N) is 2. The van der Waals surface area contributed by atoms with Crippen LogP contribution in [0.25, 0.3) is 0 Å². The predicted molar refractivity (Wildman–Crippen MR) is 67.0 cm³/mol. The average Bonchev–Trinajstić information content (AvgIpc) is 2.23. The molecule has 0 saturated carbocycles. The van der Waals surface area contributed by atoms with Crippen molar-refractivity contribution in [2.24, 2.45) is 5.41 Å². The van der Waals surface area contributed by atoms with Crippen molar-refractivity contribution < 1.29 is 19.5 Å². The highest BCUT2D eigenvalue weighted by molar-refractivity contribution is 5.87. The van der Waals surface area contributed by atoms with Crippen LogP contribution in [-0.4, -0.2) is 36.0 Å². The van der Waals surface area contributed by atoms with E-state index < -0.39 is 11.4 Å². The number of aliphatic carboxylic acids is 1. The zero-order chi connectivity index (χ0) is 14.2. The van der Waals surface area contributed by atoms with Crippen molar-refractivity contribution in [1.82, 2.24) is 10.6 Å². The van der Waals surface area contributed by atoms with E-state index in [0.717, 1.165) is 0 Å². The molecule has 0 radical (unpaired) electrons. The van der Waals surface area contributed by atoms with Crippen LogP contribution < -0.4 is 10.6 Å². The summed E-state index contributed by atoms with van der Waals surface area (Å²) >= 11 is 0. The van der Waals surface area contributed by atoms with Crippen molar-refractivity contribution >= 4 is 17.8 Å². The first kappa shape index (κ1) is 16.4. The van der Waals surface area contributed by atoms with E-state index in [1.54, 1.807) is 20.8 Å². The SMILES string of the molecule is CC(C)(C)C(=O)NCC(=O)NCCCCC(=O)O. The van der Waals surface area contributed by atoms with Crippen LogP contribution in [0.15, 0.2) is 0 Å². The zero-order valence-electron chi connectivity index (χ0n) is 11.2. The van der Waals surface area contributed by atoms with E-state index in [9.17, 15) is 14.4 Å². The van der Waals surface area contributed by atoms with Crippen molar-refractivity contribution in [3.8, 4) is 0 Å². The molecule has 0 atom stereocenters. The molecule has 0 aromatic rings. The van der Waals surface area contributed by atoms with E-state index in [1.807, 2.05) is 0 Å². The van der Waals surface area contributed by atoms with E-state index in [4.69, 9.17) is 5.11 Å². The molecule has 6 nitrogen and oxygen atoms in total. The average molecular weight is 258 g/mol. The van der Waals surface area contributed by atoms with Gasteiger partial charge in [-0.1, -0.05) is 20.8 Å². The molecule has 0 rings (SSSR count). The molecule has 0 saturated heterocycles. The Labute approximate surface area is 107 Å². The maximum atomic E-state index is 11.5. The Balaban J connectivity index is 3.61. The molecular formula is C12H22N2O4. The number of hydrogen-bond donors (Lipinski definition) is 3. The van der Waals surface area contributed by atoms with Gasteiger partial charge in [0.1, 0.15) is 0 Å². The van der Waals surface area contributed by atoms with E-state index in [-0.39, 0.29) is 24.8 Å². The van der Waals surface area contributed by atoms with Crippen molar-refractivity contribution in [2.45, 2.75) is 40.0 Å². The number of carbonyl (C=O) groups excluding carboxylic acids is 2. The lowest BCUT2D eigenvalue weighted by Crippen LogP contribution is -2.41. The fourth-order valence-corrected chi connectivity index (χ4v) is 1.12. The summed E-state index contributed by atoms with van der Waals surface area (Å²) in [7, 11) is 0. The van der Waals surface area contributed by atoms with Crippen LogP contribution >= 0.6 is 0 Å². The summed E-state index contributed by atoms with van der Waals surface area (Å²) in [6, 6.07) is 0. The number of amides is 2. The first-order valence-corrected chi connectivity index (χ1v) is 6.00. The predicted octanol–water partition coefficient (Wildman–Crippen LogP) is 0.520. The van der Waals surface area contributed by atoms with Gasteiger partial charge in [0, 0.05) is 18.4 Å². The molecule has 104 valence electrons. The van der Waals surface area contributed by atoms with Crippen LogP contribution in [0.5, 0.6) is 0 Å².